The van der Waals surface area contributed by atoms with Crippen LogP contribution in [0.25, 0.3) is 0 Å². The summed E-state index contributed by atoms with van der Waals surface area (Å²) in [4.78, 5) is 11.9. The van der Waals surface area contributed by atoms with Crippen molar-refractivity contribution in [2.24, 2.45) is 5.41 Å². The maximum absolute atomic E-state index is 13.5. The third kappa shape index (κ3) is 4.90. The normalized spacial score (nSPS) is 18.6. The Hall–Kier alpha value is -1.26. The molecule has 0 aromatic heterocycles. The van der Waals surface area contributed by atoms with Crippen molar-refractivity contribution in [2.75, 3.05) is 13.2 Å². The van der Waals surface area contributed by atoms with E-state index in [0.29, 0.717) is 19.6 Å². The van der Waals surface area contributed by atoms with Gasteiger partial charge in [0, 0.05) is 11.8 Å². The smallest absolute Gasteiger partial charge is 0.165 e. The Morgan fingerprint density at radius 2 is 1.90 bits per heavy atom. The van der Waals surface area contributed by atoms with Crippen LogP contribution in [0.1, 0.15) is 49.9 Å². The van der Waals surface area contributed by atoms with Crippen LogP contribution in [-0.2, 0) is 9.47 Å². The van der Waals surface area contributed by atoms with Gasteiger partial charge >= 0.3 is 0 Å². The highest BCUT2D eigenvalue weighted by atomic mass is 19.1. The van der Waals surface area contributed by atoms with E-state index < -0.39 is 5.82 Å². The second kappa shape index (κ2) is 7.14. The second-order valence-electron chi connectivity index (χ2n) is 6.36. The first-order chi connectivity index (χ1) is 9.98. The number of ketones is 1. The molecule has 0 spiro atoms. The van der Waals surface area contributed by atoms with Crippen molar-refractivity contribution >= 4 is 5.78 Å². The second-order valence-corrected chi connectivity index (χ2v) is 6.36. The lowest BCUT2D eigenvalue weighted by Gasteiger charge is -2.34. The zero-order valence-electron chi connectivity index (χ0n) is 12.7. The van der Waals surface area contributed by atoms with Crippen LogP contribution < -0.4 is 0 Å². The Labute approximate surface area is 125 Å². The predicted molar refractivity (Wildman–Crippen MR) is 78.7 cm³/mol. The van der Waals surface area contributed by atoms with Crippen LogP contribution >= 0.6 is 0 Å². The number of carbonyl (C=O) groups is 1. The maximum Gasteiger partial charge on any atom is 0.165 e. The van der Waals surface area contributed by atoms with Gasteiger partial charge in [0.2, 0.25) is 0 Å². The molecule has 116 valence electrons. The van der Waals surface area contributed by atoms with Crippen LogP contribution in [0, 0.1) is 11.2 Å². The minimum atomic E-state index is -0.441. The fourth-order valence-electron chi connectivity index (χ4n) is 2.31. The van der Waals surface area contributed by atoms with E-state index in [-0.39, 0.29) is 23.1 Å². The lowest BCUT2D eigenvalue weighted by Crippen LogP contribution is -2.37. The molecule has 4 heteroatoms. The quantitative estimate of drug-likeness (QED) is 0.588. The van der Waals surface area contributed by atoms with Gasteiger partial charge in [-0.15, -0.1) is 0 Å². The van der Waals surface area contributed by atoms with Gasteiger partial charge in [-0.05, 0) is 31.4 Å². The number of carbonyl (C=O) groups excluding carboxylic acids is 1. The Morgan fingerprint density at radius 3 is 2.57 bits per heavy atom. The topological polar surface area (TPSA) is 35.5 Å². The van der Waals surface area contributed by atoms with E-state index in [0.717, 1.165) is 19.3 Å². The molecular weight excluding hydrogens is 271 g/mol. The SMILES string of the molecule is CC1(C)COC(CCCCC(=O)c2ccccc2F)OC1. The van der Waals surface area contributed by atoms with Gasteiger partial charge in [-0.3, -0.25) is 4.79 Å². The maximum atomic E-state index is 13.5. The summed E-state index contributed by atoms with van der Waals surface area (Å²) in [6.45, 7) is 5.62. The molecule has 1 aromatic rings. The monoisotopic (exact) mass is 294 g/mol. The molecule has 0 bridgehead atoms. The van der Waals surface area contributed by atoms with E-state index in [2.05, 4.69) is 13.8 Å². The molecule has 0 amide bonds. The standard InChI is InChI=1S/C17H23FO3/c1-17(2)11-20-16(21-12-17)10-6-5-9-15(19)13-7-3-4-8-14(13)18/h3-4,7-8,16H,5-6,9-12H2,1-2H3. The average molecular weight is 294 g/mol. The van der Waals surface area contributed by atoms with Crippen LogP contribution in [0.3, 0.4) is 0 Å². The van der Waals surface area contributed by atoms with Gasteiger partial charge in [0.05, 0.1) is 18.8 Å². The van der Waals surface area contributed by atoms with Gasteiger partial charge in [0.1, 0.15) is 5.82 Å². The fourth-order valence-corrected chi connectivity index (χ4v) is 2.31. The lowest BCUT2D eigenvalue weighted by atomic mass is 9.95. The third-order valence-corrected chi connectivity index (χ3v) is 3.59. The molecule has 0 atom stereocenters. The average Bonchev–Trinajstić information content (AvgIpc) is 2.45. The zero-order chi connectivity index (χ0) is 15.3. The van der Waals surface area contributed by atoms with Gasteiger partial charge in [-0.1, -0.05) is 26.0 Å². The number of hydrogen-bond acceptors (Lipinski definition) is 3. The summed E-state index contributed by atoms with van der Waals surface area (Å²) in [5.74, 6) is -0.580. The molecule has 0 N–H and O–H groups in total. The molecule has 0 unspecified atom stereocenters. The van der Waals surface area contributed by atoms with Crippen molar-refractivity contribution in [3.63, 3.8) is 0 Å². The number of benzene rings is 1. The van der Waals surface area contributed by atoms with E-state index in [9.17, 15) is 9.18 Å². The Morgan fingerprint density at radius 1 is 1.24 bits per heavy atom. The van der Waals surface area contributed by atoms with E-state index in [1.165, 1.54) is 12.1 Å². The summed E-state index contributed by atoms with van der Waals surface area (Å²) < 4.78 is 24.7. The lowest BCUT2D eigenvalue weighted by molar-refractivity contribution is -0.224. The molecule has 0 saturated carbocycles. The van der Waals surface area contributed by atoms with Gasteiger partial charge in [0.15, 0.2) is 12.1 Å². The van der Waals surface area contributed by atoms with Crippen molar-refractivity contribution in [3.8, 4) is 0 Å². The summed E-state index contributed by atoms with van der Waals surface area (Å²) >= 11 is 0. The third-order valence-electron chi connectivity index (χ3n) is 3.59. The molecule has 1 aliphatic rings. The molecule has 3 nitrogen and oxygen atoms in total. The molecule has 1 aromatic carbocycles. The summed E-state index contributed by atoms with van der Waals surface area (Å²) in [5.41, 5.74) is 0.265. The van der Waals surface area contributed by atoms with Crippen LogP contribution in [0.2, 0.25) is 0 Å². The van der Waals surface area contributed by atoms with E-state index in [1.807, 2.05) is 0 Å². The van der Waals surface area contributed by atoms with Crippen molar-refractivity contribution in [3.05, 3.63) is 35.6 Å². The predicted octanol–water partition coefficient (Wildman–Crippen LogP) is 3.97. The number of unbranched alkanes of at least 4 members (excludes halogenated alkanes) is 1. The van der Waals surface area contributed by atoms with Crippen molar-refractivity contribution < 1.29 is 18.7 Å². The molecule has 21 heavy (non-hydrogen) atoms. The number of halogens is 1. The fraction of sp³-hybridized carbons (Fsp3) is 0.588. The molecule has 1 fully saturated rings. The van der Waals surface area contributed by atoms with Crippen LogP contribution in [0.4, 0.5) is 4.39 Å². The molecular formula is C17H23FO3. The first-order valence-electron chi connectivity index (χ1n) is 7.49. The molecule has 1 heterocycles. The minimum Gasteiger partial charge on any atom is -0.352 e. The summed E-state index contributed by atoms with van der Waals surface area (Å²) in [5, 5.41) is 0. The minimum absolute atomic E-state index is 0.0807. The van der Waals surface area contributed by atoms with Crippen molar-refractivity contribution in [1.82, 2.24) is 0 Å². The highest BCUT2D eigenvalue weighted by molar-refractivity contribution is 5.96. The van der Waals surface area contributed by atoms with E-state index in [4.69, 9.17) is 9.47 Å². The number of rotatable bonds is 6. The van der Waals surface area contributed by atoms with Crippen LogP contribution in [0.15, 0.2) is 24.3 Å². The number of hydrogen-bond donors (Lipinski definition) is 0. The number of ether oxygens (including phenoxy) is 2. The van der Waals surface area contributed by atoms with E-state index >= 15 is 0 Å². The van der Waals surface area contributed by atoms with Gasteiger partial charge in [-0.25, -0.2) is 4.39 Å². The number of Topliss-reactive ketones (excluding diaryl/α,β-unsaturated/α-hetero) is 1. The van der Waals surface area contributed by atoms with E-state index in [1.54, 1.807) is 12.1 Å². The van der Waals surface area contributed by atoms with Gasteiger partial charge < -0.3 is 9.47 Å². The first kappa shape index (κ1) is 16.1. The molecule has 1 saturated heterocycles. The molecule has 2 rings (SSSR count). The highest BCUT2D eigenvalue weighted by Gasteiger charge is 2.27. The Kier molecular flexibility index (Phi) is 5.48. The Balaban J connectivity index is 1.66. The van der Waals surface area contributed by atoms with Crippen LogP contribution in [0.5, 0.6) is 0 Å². The van der Waals surface area contributed by atoms with Gasteiger partial charge in [-0.2, -0.15) is 0 Å². The summed E-state index contributed by atoms with van der Waals surface area (Å²) in [6, 6.07) is 6.12. The van der Waals surface area contributed by atoms with Crippen molar-refractivity contribution in [2.45, 2.75) is 45.8 Å². The largest absolute Gasteiger partial charge is 0.352 e. The van der Waals surface area contributed by atoms with Crippen molar-refractivity contribution in [1.29, 1.82) is 0 Å². The van der Waals surface area contributed by atoms with Crippen LogP contribution in [-0.4, -0.2) is 25.3 Å². The summed E-state index contributed by atoms with van der Waals surface area (Å²) in [6.07, 6.45) is 2.53. The molecule has 0 radical (unpaired) electrons. The Bertz CT molecular complexity index is 475. The van der Waals surface area contributed by atoms with Gasteiger partial charge in [0.25, 0.3) is 0 Å². The molecule has 0 aliphatic carbocycles. The molecule has 1 aliphatic heterocycles. The summed E-state index contributed by atoms with van der Waals surface area (Å²) in [7, 11) is 0. The highest BCUT2D eigenvalue weighted by Crippen LogP contribution is 2.25. The first-order valence-corrected chi connectivity index (χ1v) is 7.49. The zero-order valence-corrected chi connectivity index (χ0v) is 12.7.